The van der Waals surface area contributed by atoms with Crippen molar-refractivity contribution in [2.24, 2.45) is 0 Å². The number of ether oxygens (including phenoxy) is 2. The molecule has 0 unspecified atom stereocenters. The third kappa shape index (κ3) is 4.44. The third-order valence-electron chi connectivity index (χ3n) is 5.95. The average molecular weight is 487 g/mol. The summed E-state index contributed by atoms with van der Waals surface area (Å²) in [5.74, 6) is 1.58. The zero-order valence-corrected chi connectivity index (χ0v) is 20.4. The molecule has 4 aromatic carbocycles. The average Bonchev–Trinajstić information content (AvgIpc) is 3.17. The zero-order chi connectivity index (χ0) is 24.6. The first kappa shape index (κ1) is 23.2. The Bertz CT molecular complexity index is 1520. The lowest BCUT2D eigenvalue weighted by Gasteiger charge is -2.12. The predicted molar refractivity (Wildman–Crippen MR) is 140 cm³/mol. The van der Waals surface area contributed by atoms with E-state index in [-0.39, 0.29) is 5.30 Å². The molecule has 0 amide bonds. The molecule has 35 heavy (non-hydrogen) atoms. The molecule has 5 rings (SSSR count). The van der Waals surface area contributed by atoms with Crippen molar-refractivity contribution in [3.05, 3.63) is 84.9 Å². The first-order valence-electron chi connectivity index (χ1n) is 11.5. The number of rotatable bonds is 7. The van der Waals surface area contributed by atoms with Gasteiger partial charge >= 0.3 is 7.60 Å². The summed E-state index contributed by atoms with van der Waals surface area (Å²) in [7, 11) is -4.35. The molecule has 0 saturated heterocycles. The topological polar surface area (TPSA) is 80.9 Å². The first-order chi connectivity index (χ1) is 16.9. The maximum atomic E-state index is 11.8. The van der Waals surface area contributed by atoms with Gasteiger partial charge in [0.15, 0.2) is 0 Å². The van der Waals surface area contributed by atoms with Gasteiger partial charge in [0.1, 0.15) is 11.5 Å². The van der Waals surface area contributed by atoms with Crippen LogP contribution in [-0.2, 0) is 4.57 Å². The first-order valence-corrected chi connectivity index (χ1v) is 13.1. The molecule has 6 nitrogen and oxygen atoms in total. The molecule has 0 bridgehead atoms. The van der Waals surface area contributed by atoms with E-state index < -0.39 is 7.60 Å². The molecule has 2 N–H and O–H groups in total. The van der Waals surface area contributed by atoms with E-state index in [1.807, 2.05) is 68.4 Å². The number of aromatic nitrogens is 1. The maximum absolute atomic E-state index is 11.8. The van der Waals surface area contributed by atoms with Crippen LogP contribution < -0.4 is 14.8 Å². The normalized spacial score (nSPS) is 11.8. The molecule has 1 aromatic heterocycles. The number of hydrogen-bond acceptors (Lipinski definition) is 3. The molecule has 0 spiro atoms. The maximum Gasteiger partial charge on any atom is 0.356 e. The number of nitrogens with zero attached hydrogens (tertiary/aromatic N) is 1. The van der Waals surface area contributed by atoms with E-state index in [0.29, 0.717) is 13.2 Å². The van der Waals surface area contributed by atoms with Gasteiger partial charge in [-0.05, 0) is 73.5 Å². The van der Waals surface area contributed by atoms with Crippen molar-refractivity contribution in [1.82, 2.24) is 4.57 Å². The highest BCUT2D eigenvalue weighted by Crippen LogP contribution is 2.38. The second kappa shape index (κ2) is 9.23. The van der Waals surface area contributed by atoms with Gasteiger partial charge in [-0.2, -0.15) is 0 Å². The fourth-order valence-corrected chi connectivity index (χ4v) is 5.05. The Morgan fingerprint density at radius 3 is 1.80 bits per heavy atom. The van der Waals surface area contributed by atoms with Crippen molar-refractivity contribution >= 4 is 34.7 Å². The summed E-state index contributed by atoms with van der Waals surface area (Å²) in [5.41, 5.74) is 4.51. The Labute approximate surface area is 203 Å². The van der Waals surface area contributed by atoms with E-state index in [4.69, 9.17) is 9.47 Å². The molecule has 0 aliphatic carbocycles. The molecule has 0 saturated carbocycles. The van der Waals surface area contributed by atoms with Gasteiger partial charge in [0.2, 0.25) is 0 Å². The van der Waals surface area contributed by atoms with Crippen molar-refractivity contribution in [3.8, 4) is 28.3 Å². The van der Waals surface area contributed by atoms with Crippen LogP contribution in [0.1, 0.15) is 13.8 Å². The highest BCUT2D eigenvalue weighted by molar-refractivity contribution is 7.60. The Morgan fingerprint density at radius 2 is 1.26 bits per heavy atom. The molecular weight excluding hydrogens is 461 g/mol. The van der Waals surface area contributed by atoms with Crippen LogP contribution in [0, 0.1) is 0 Å². The van der Waals surface area contributed by atoms with Crippen LogP contribution in [0.5, 0.6) is 11.5 Å². The van der Waals surface area contributed by atoms with Crippen molar-refractivity contribution in [3.63, 3.8) is 0 Å². The largest absolute Gasteiger partial charge is 0.494 e. The second-order valence-electron chi connectivity index (χ2n) is 8.20. The van der Waals surface area contributed by atoms with Crippen LogP contribution >= 0.6 is 7.60 Å². The van der Waals surface area contributed by atoms with Crippen molar-refractivity contribution in [2.75, 3.05) is 13.2 Å². The lowest BCUT2D eigenvalue weighted by atomic mass is 10.1. The minimum Gasteiger partial charge on any atom is -0.494 e. The van der Waals surface area contributed by atoms with E-state index >= 15 is 0 Å². The molecule has 0 fully saturated rings. The number of hydrogen-bond donors (Lipinski definition) is 2. The molecular formula is C28H26NO5P. The molecule has 1 heterocycles. The van der Waals surface area contributed by atoms with E-state index in [0.717, 1.165) is 50.1 Å². The Morgan fingerprint density at radius 1 is 0.714 bits per heavy atom. The van der Waals surface area contributed by atoms with Gasteiger partial charge in [0.25, 0.3) is 0 Å². The van der Waals surface area contributed by atoms with E-state index in [2.05, 4.69) is 16.7 Å². The van der Waals surface area contributed by atoms with Crippen LogP contribution in [0.25, 0.3) is 38.6 Å². The van der Waals surface area contributed by atoms with Gasteiger partial charge < -0.3 is 23.8 Å². The number of fused-ring (bicyclic) bond motifs is 3. The van der Waals surface area contributed by atoms with Crippen LogP contribution in [0.3, 0.4) is 0 Å². The minimum absolute atomic E-state index is 0.0000193. The van der Waals surface area contributed by atoms with E-state index in [9.17, 15) is 14.4 Å². The van der Waals surface area contributed by atoms with Gasteiger partial charge in [0.05, 0.1) is 29.6 Å². The molecule has 178 valence electrons. The summed E-state index contributed by atoms with van der Waals surface area (Å²) >= 11 is 0. The van der Waals surface area contributed by atoms with Gasteiger partial charge in [-0.1, -0.05) is 24.3 Å². The van der Waals surface area contributed by atoms with Crippen LogP contribution in [0.15, 0.2) is 84.9 Å². The third-order valence-corrected chi connectivity index (χ3v) is 6.90. The second-order valence-corrected chi connectivity index (χ2v) is 9.81. The molecule has 7 heteroatoms. The van der Waals surface area contributed by atoms with Gasteiger partial charge in [-0.25, -0.2) is 0 Å². The van der Waals surface area contributed by atoms with Gasteiger partial charge in [-0.3, -0.25) is 4.57 Å². The summed E-state index contributed by atoms with van der Waals surface area (Å²) < 4.78 is 25.6. The Kier molecular flexibility index (Phi) is 6.12. The van der Waals surface area contributed by atoms with Crippen molar-refractivity contribution in [2.45, 2.75) is 13.8 Å². The lowest BCUT2D eigenvalue weighted by molar-refractivity contribution is 0.340. The summed E-state index contributed by atoms with van der Waals surface area (Å²) in [5, 5.41) is 2.20. The SMILES string of the molecule is CCOc1ccc2c3ccc(OCC)cc3n(-c3cccc(-c4cccc(P(=O)(O)O)c4)c3)c2c1. The highest BCUT2D eigenvalue weighted by Gasteiger charge is 2.18. The quantitative estimate of drug-likeness (QED) is 0.273. The van der Waals surface area contributed by atoms with Crippen molar-refractivity contribution in [1.29, 1.82) is 0 Å². The molecule has 0 aliphatic heterocycles. The molecule has 0 atom stereocenters. The standard InChI is InChI=1S/C28H26NO5P/c1-3-33-22-11-13-25-26-14-12-23(34-4-2)18-28(26)29(27(25)17-22)21-9-5-7-19(15-21)20-8-6-10-24(16-20)35(30,31)32/h5-18H,3-4H2,1-2H3,(H2,30,31,32). The van der Waals surface area contributed by atoms with E-state index in [1.165, 1.54) is 6.07 Å². The fraction of sp³-hybridized carbons (Fsp3) is 0.143. The molecule has 5 aromatic rings. The summed E-state index contributed by atoms with van der Waals surface area (Å²) in [6.45, 7) is 5.07. The van der Waals surface area contributed by atoms with Crippen LogP contribution in [0.2, 0.25) is 0 Å². The lowest BCUT2D eigenvalue weighted by Crippen LogP contribution is -2.03. The van der Waals surface area contributed by atoms with Crippen molar-refractivity contribution < 1.29 is 23.8 Å². The summed E-state index contributed by atoms with van der Waals surface area (Å²) in [4.78, 5) is 19.2. The van der Waals surface area contributed by atoms with Gasteiger partial charge in [-0.15, -0.1) is 0 Å². The number of benzene rings is 4. The van der Waals surface area contributed by atoms with Crippen LogP contribution in [0.4, 0.5) is 0 Å². The Balaban J connectivity index is 1.74. The zero-order valence-electron chi connectivity index (χ0n) is 19.5. The summed E-state index contributed by atoms with van der Waals surface area (Å²) in [6.07, 6.45) is 0. The predicted octanol–water partition coefficient (Wildman–Crippen LogP) is 6.05. The van der Waals surface area contributed by atoms with E-state index in [1.54, 1.807) is 12.1 Å². The highest BCUT2D eigenvalue weighted by atomic mass is 31.2. The Hall–Kier alpha value is -3.57. The monoisotopic (exact) mass is 487 g/mol. The fourth-order valence-electron chi connectivity index (χ4n) is 4.46. The molecule has 0 aliphatic rings. The van der Waals surface area contributed by atoms with Crippen LogP contribution in [-0.4, -0.2) is 27.6 Å². The smallest absolute Gasteiger partial charge is 0.356 e. The minimum atomic E-state index is -4.35. The molecule has 0 radical (unpaired) electrons. The summed E-state index contributed by atoms with van der Waals surface area (Å²) in [6, 6.07) is 26.7. The van der Waals surface area contributed by atoms with Gasteiger partial charge in [0, 0.05) is 28.6 Å².